The van der Waals surface area contributed by atoms with E-state index in [-0.39, 0.29) is 23.3 Å². The number of ketones is 1. The number of Topliss-reactive ketones (excluding diaryl/α,β-unsaturated/α-hetero) is 1. The third-order valence-electron chi connectivity index (χ3n) is 5.24. The Balaban J connectivity index is 1.55. The van der Waals surface area contributed by atoms with Gasteiger partial charge in [0.25, 0.3) is 11.8 Å². The molecule has 1 aliphatic heterocycles. The lowest BCUT2D eigenvalue weighted by atomic mass is 10.00. The number of amides is 2. The molecule has 0 aliphatic carbocycles. The molecule has 2 N–H and O–H groups in total. The number of aromatic nitrogens is 3. The van der Waals surface area contributed by atoms with Crippen molar-refractivity contribution in [3.8, 4) is 0 Å². The third kappa shape index (κ3) is 3.63. The van der Waals surface area contributed by atoms with Gasteiger partial charge in [-0.25, -0.2) is 0 Å². The molecule has 30 heavy (non-hydrogen) atoms. The molecule has 0 radical (unpaired) electrons. The smallest absolute Gasteiger partial charge is 0.272 e. The summed E-state index contributed by atoms with van der Waals surface area (Å²) in [6.07, 6.45) is 2.87. The molecule has 0 bridgehead atoms. The summed E-state index contributed by atoms with van der Waals surface area (Å²) in [6.45, 7) is 2.48. The number of carbonyl (C=O) groups excluding carboxylic acids is 3. The van der Waals surface area contributed by atoms with Crippen LogP contribution in [-0.2, 0) is 0 Å². The Morgan fingerprint density at radius 1 is 1.10 bits per heavy atom. The third-order valence-corrected chi connectivity index (χ3v) is 5.24. The van der Waals surface area contributed by atoms with Gasteiger partial charge in [-0.05, 0) is 35.8 Å². The SMILES string of the molecule is CC(=O)c1cc(C(=O)N2CCC=C(c3ccc4cc(C(=O)N(C)C)[nH]c4c3)C2)[nH]n1. The van der Waals surface area contributed by atoms with Crippen LogP contribution in [0.15, 0.2) is 36.4 Å². The first kappa shape index (κ1) is 19.6. The van der Waals surface area contributed by atoms with Crippen LogP contribution in [0.5, 0.6) is 0 Å². The van der Waals surface area contributed by atoms with E-state index < -0.39 is 0 Å². The summed E-state index contributed by atoms with van der Waals surface area (Å²) in [5, 5.41) is 7.52. The molecule has 0 fully saturated rings. The first-order valence-electron chi connectivity index (χ1n) is 9.73. The van der Waals surface area contributed by atoms with Gasteiger partial charge in [-0.15, -0.1) is 0 Å². The molecular weight excluding hydrogens is 382 g/mol. The van der Waals surface area contributed by atoms with Gasteiger partial charge < -0.3 is 14.8 Å². The van der Waals surface area contributed by atoms with Crippen molar-refractivity contribution in [3.05, 3.63) is 59.1 Å². The number of aromatic amines is 2. The highest BCUT2D eigenvalue weighted by Crippen LogP contribution is 2.26. The standard InChI is InChI=1S/C22H23N5O3/c1-13(28)17-11-20(25-24-17)22(30)27-8-4-5-16(12-27)14-6-7-15-10-19(21(29)26(2)3)23-18(15)9-14/h5-7,9-11,23H,4,8,12H2,1-3H3,(H,24,25). The Kier molecular flexibility index (Phi) is 4.99. The fraction of sp³-hybridized carbons (Fsp3) is 0.273. The van der Waals surface area contributed by atoms with Gasteiger partial charge in [-0.3, -0.25) is 19.5 Å². The summed E-state index contributed by atoms with van der Waals surface area (Å²) in [7, 11) is 3.44. The van der Waals surface area contributed by atoms with Gasteiger partial charge in [0.1, 0.15) is 17.1 Å². The number of carbonyl (C=O) groups is 3. The zero-order chi connectivity index (χ0) is 21.4. The molecule has 3 aromatic rings. The summed E-state index contributed by atoms with van der Waals surface area (Å²) >= 11 is 0. The van der Waals surface area contributed by atoms with E-state index in [1.54, 1.807) is 19.0 Å². The van der Waals surface area contributed by atoms with E-state index in [1.807, 2.05) is 24.3 Å². The molecule has 3 heterocycles. The van der Waals surface area contributed by atoms with Crippen LogP contribution in [0.25, 0.3) is 16.5 Å². The molecule has 0 atom stereocenters. The summed E-state index contributed by atoms with van der Waals surface area (Å²) < 4.78 is 0. The first-order valence-corrected chi connectivity index (χ1v) is 9.73. The molecule has 8 heteroatoms. The number of nitrogens with zero attached hydrogens (tertiary/aromatic N) is 3. The van der Waals surface area contributed by atoms with E-state index in [2.05, 4.69) is 21.3 Å². The fourth-order valence-electron chi connectivity index (χ4n) is 3.59. The van der Waals surface area contributed by atoms with Crippen molar-refractivity contribution in [2.75, 3.05) is 27.2 Å². The molecule has 154 valence electrons. The van der Waals surface area contributed by atoms with Crippen LogP contribution in [0.3, 0.4) is 0 Å². The normalized spacial score (nSPS) is 14.0. The van der Waals surface area contributed by atoms with Crippen LogP contribution < -0.4 is 0 Å². The molecule has 4 rings (SSSR count). The van der Waals surface area contributed by atoms with Crippen LogP contribution in [0, 0.1) is 0 Å². The number of rotatable bonds is 4. The maximum Gasteiger partial charge on any atom is 0.272 e. The molecule has 0 unspecified atom stereocenters. The second-order valence-electron chi connectivity index (χ2n) is 7.65. The lowest BCUT2D eigenvalue weighted by Gasteiger charge is -2.27. The average Bonchev–Trinajstić information content (AvgIpc) is 3.39. The minimum atomic E-state index is -0.184. The highest BCUT2D eigenvalue weighted by molar-refractivity contribution is 5.99. The van der Waals surface area contributed by atoms with Crippen LogP contribution in [-0.4, -0.2) is 69.8 Å². The van der Waals surface area contributed by atoms with E-state index in [1.165, 1.54) is 17.9 Å². The first-order chi connectivity index (χ1) is 14.3. The van der Waals surface area contributed by atoms with E-state index in [4.69, 9.17) is 0 Å². The fourth-order valence-corrected chi connectivity index (χ4v) is 3.59. The monoisotopic (exact) mass is 405 g/mol. The Bertz CT molecular complexity index is 1180. The second kappa shape index (κ2) is 7.62. The van der Waals surface area contributed by atoms with Gasteiger partial charge in [0.15, 0.2) is 5.78 Å². The van der Waals surface area contributed by atoms with Crippen LogP contribution >= 0.6 is 0 Å². The van der Waals surface area contributed by atoms with Crippen LogP contribution in [0.1, 0.15) is 50.4 Å². The summed E-state index contributed by atoms with van der Waals surface area (Å²) in [4.78, 5) is 42.9. The Morgan fingerprint density at radius 3 is 2.60 bits per heavy atom. The van der Waals surface area contributed by atoms with E-state index in [0.29, 0.717) is 24.5 Å². The van der Waals surface area contributed by atoms with E-state index in [9.17, 15) is 14.4 Å². The lowest BCUT2D eigenvalue weighted by molar-refractivity contribution is 0.0768. The summed E-state index contributed by atoms with van der Waals surface area (Å²) in [5.41, 5.74) is 4.03. The van der Waals surface area contributed by atoms with Crippen molar-refractivity contribution in [2.24, 2.45) is 0 Å². The van der Waals surface area contributed by atoms with E-state index >= 15 is 0 Å². The predicted octanol–water partition coefficient (Wildman–Crippen LogP) is 2.72. The molecule has 0 spiro atoms. The van der Waals surface area contributed by atoms with Gasteiger partial charge >= 0.3 is 0 Å². The van der Waals surface area contributed by atoms with Gasteiger partial charge in [0.2, 0.25) is 0 Å². The molecule has 0 saturated carbocycles. The molecule has 2 amide bonds. The average molecular weight is 405 g/mol. The molecular formula is C22H23N5O3. The number of hydrogen-bond donors (Lipinski definition) is 2. The minimum absolute atomic E-state index is 0.0779. The van der Waals surface area contributed by atoms with Crippen molar-refractivity contribution < 1.29 is 14.4 Å². The molecule has 0 saturated heterocycles. The van der Waals surface area contributed by atoms with Gasteiger partial charge in [-0.1, -0.05) is 18.2 Å². The number of nitrogens with one attached hydrogen (secondary N) is 2. The zero-order valence-electron chi connectivity index (χ0n) is 17.2. The molecule has 1 aromatic carbocycles. The number of benzene rings is 1. The lowest BCUT2D eigenvalue weighted by Crippen LogP contribution is -2.35. The van der Waals surface area contributed by atoms with Crippen LogP contribution in [0.2, 0.25) is 0 Å². The van der Waals surface area contributed by atoms with Crippen LogP contribution in [0.4, 0.5) is 0 Å². The number of hydrogen-bond acceptors (Lipinski definition) is 4. The zero-order valence-corrected chi connectivity index (χ0v) is 17.2. The Hall–Kier alpha value is -3.68. The van der Waals surface area contributed by atoms with Crippen molar-refractivity contribution in [1.82, 2.24) is 25.0 Å². The largest absolute Gasteiger partial charge is 0.351 e. The van der Waals surface area contributed by atoms with Crippen molar-refractivity contribution >= 4 is 34.1 Å². The number of H-pyrrole nitrogens is 2. The molecule has 1 aliphatic rings. The summed E-state index contributed by atoms with van der Waals surface area (Å²) in [5.74, 6) is -0.442. The van der Waals surface area contributed by atoms with Gasteiger partial charge in [-0.2, -0.15) is 5.10 Å². The van der Waals surface area contributed by atoms with Gasteiger partial charge in [0.05, 0.1) is 0 Å². The second-order valence-corrected chi connectivity index (χ2v) is 7.65. The van der Waals surface area contributed by atoms with Gasteiger partial charge in [0, 0.05) is 45.0 Å². The van der Waals surface area contributed by atoms with Crippen molar-refractivity contribution in [3.63, 3.8) is 0 Å². The maximum atomic E-state index is 12.8. The minimum Gasteiger partial charge on any atom is -0.351 e. The maximum absolute atomic E-state index is 12.8. The molecule has 2 aromatic heterocycles. The van der Waals surface area contributed by atoms with Crippen molar-refractivity contribution in [2.45, 2.75) is 13.3 Å². The summed E-state index contributed by atoms with van der Waals surface area (Å²) in [6, 6.07) is 9.33. The van der Waals surface area contributed by atoms with E-state index in [0.717, 1.165) is 28.5 Å². The Labute approximate surface area is 173 Å². The molecule has 8 nitrogen and oxygen atoms in total. The van der Waals surface area contributed by atoms with Crippen molar-refractivity contribution in [1.29, 1.82) is 0 Å². The number of fused-ring (bicyclic) bond motifs is 1. The highest BCUT2D eigenvalue weighted by Gasteiger charge is 2.23. The highest BCUT2D eigenvalue weighted by atomic mass is 16.2. The Morgan fingerprint density at radius 2 is 1.90 bits per heavy atom. The quantitative estimate of drug-likeness (QED) is 0.652. The topological polar surface area (TPSA) is 102 Å². The predicted molar refractivity (Wildman–Crippen MR) is 113 cm³/mol.